The topological polar surface area (TPSA) is 66.5 Å². The van der Waals surface area contributed by atoms with E-state index in [4.69, 9.17) is 14.5 Å². The van der Waals surface area contributed by atoms with E-state index >= 15 is 0 Å². The van der Waals surface area contributed by atoms with Gasteiger partial charge in [0.15, 0.2) is 0 Å². The molecule has 0 spiro atoms. The van der Waals surface area contributed by atoms with Gasteiger partial charge < -0.3 is 19.3 Å². The maximum Gasteiger partial charge on any atom is 0.131 e. The number of ether oxygens (including phenoxy) is 2. The van der Waals surface area contributed by atoms with Gasteiger partial charge in [-0.05, 0) is 18.2 Å². The molecule has 2 fully saturated rings. The molecule has 0 aliphatic carbocycles. The van der Waals surface area contributed by atoms with Crippen molar-refractivity contribution < 1.29 is 9.47 Å². The summed E-state index contributed by atoms with van der Waals surface area (Å²) in [6, 6.07) is 10.7. The highest BCUT2D eigenvalue weighted by molar-refractivity contribution is 5.84. The van der Waals surface area contributed by atoms with Gasteiger partial charge in [-0.15, -0.1) is 0 Å². The fraction of sp³-hybridized carbons (Fsp3) is 0.400. The summed E-state index contributed by atoms with van der Waals surface area (Å²) in [5.74, 6) is 1.02. The average Bonchev–Trinajstić information content (AvgIpc) is 3.22. The zero-order valence-electron chi connectivity index (χ0n) is 15.2. The van der Waals surface area contributed by atoms with Crippen molar-refractivity contribution in [3.05, 3.63) is 36.5 Å². The maximum absolute atomic E-state index is 5.53. The number of pyridine rings is 1. The number of morpholine rings is 2. The van der Waals surface area contributed by atoms with E-state index in [1.807, 2.05) is 6.20 Å². The van der Waals surface area contributed by atoms with E-state index in [0.717, 1.165) is 80.6 Å². The molecule has 1 N–H and O–H groups in total. The molecular formula is C20H23N5O2. The molecule has 0 saturated carbocycles. The zero-order chi connectivity index (χ0) is 18.1. The standard InChI is InChI=1S/C20H23N5O2/c1-2-18-16(14-21-23-18)11-15(1)19-12-17(24-3-7-26-8-4-24)13-20(22-19)25-5-9-27-10-6-25/h1-2,11-14H,3-10H2,(H,21,23). The normalized spacial score (nSPS) is 18.2. The number of aromatic amines is 1. The minimum Gasteiger partial charge on any atom is -0.378 e. The van der Waals surface area contributed by atoms with Crippen molar-refractivity contribution in [2.24, 2.45) is 0 Å². The van der Waals surface area contributed by atoms with E-state index in [1.54, 1.807) is 0 Å². The predicted molar refractivity (Wildman–Crippen MR) is 105 cm³/mol. The number of rotatable bonds is 3. The second-order valence-corrected chi connectivity index (χ2v) is 6.94. The van der Waals surface area contributed by atoms with E-state index in [9.17, 15) is 0 Å². The number of hydrogen-bond acceptors (Lipinski definition) is 6. The quantitative estimate of drug-likeness (QED) is 0.768. The molecule has 7 heteroatoms. The van der Waals surface area contributed by atoms with Crippen LogP contribution in [0.15, 0.2) is 36.5 Å². The van der Waals surface area contributed by atoms with Crippen molar-refractivity contribution in [3.8, 4) is 11.3 Å². The highest BCUT2D eigenvalue weighted by Gasteiger charge is 2.18. The molecule has 2 aliphatic heterocycles. The van der Waals surface area contributed by atoms with Crippen molar-refractivity contribution in [3.63, 3.8) is 0 Å². The molecule has 0 unspecified atom stereocenters. The van der Waals surface area contributed by atoms with Crippen LogP contribution in [0.5, 0.6) is 0 Å². The Bertz CT molecular complexity index is 893. The monoisotopic (exact) mass is 365 g/mol. The van der Waals surface area contributed by atoms with Gasteiger partial charge in [0.25, 0.3) is 0 Å². The van der Waals surface area contributed by atoms with E-state index in [-0.39, 0.29) is 0 Å². The summed E-state index contributed by atoms with van der Waals surface area (Å²) in [6.45, 7) is 6.61. The lowest BCUT2D eigenvalue weighted by Crippen LogP contribution is -2.38. The van der Waals surface area contributed by atoms with E-state index < -0.39 is 0 Å². The van der Waals surface area contributed by atoms with Crippen molar-refractivity contribution in [1.82, 2.24) is 15.2 Å². The molecule has 7 nitrogen and oxygen atoms in total. The Morgan fingerprint density at radius 2 is 1.59 bits per heavy atom. The first-order chi connectivity index (χ1) is 13.4. The molecule has 5 rings (SSSR count). The van der Waals surface area contributed by atoms with Gasteiger partial charge in [0.05, 0.1) is 43.8 Å². The summed E-state index contributed by atoms with van der Waals surface area (Å²) in [6.07, 6.45) is 1.85. The summed E-state index contributed by atoms with van der Waals surface area (Å²) in [5.41, 5.74) is 4.34. The first-order valence-corrected chi connectivity index (χ1v) is 9.48. The van der Waals surface area contributed by atoms with Gasteiger partial charge in [-0.2, -0.15) is 5.10 Å². The van der Waals surface area contributed by atoms with Gasteiger partial charge >= 0.3 is 0 Å². The largest absolute Gasteiger partial charge is 0.378 e. The fourth-order valence-electron chi connectivity index (χ4n) is 3.71. The van der Waals surface area contributed by atoms with Crippen LogP contribution < -0.4 is 9.80 Å². The summed E-state index contributed by atoms with van der Waals surface area (Å²) in [4.78, 5) is 9.69. The number of anilines is 2. The molecule has 2 aliphatic rings. The molecule has 0 bridgehead atoms. The first kappa shape index (κ1) is 16.5. The van der Waals surface area contributed by atoms with Crippen LogP contribution in [-0.2, 0) is 9.47 Å². The van der Waals surface area contributed by atoms with Crippen LogP contribution in [0, 0.1) is 0 Å². The van der Waals surface area contributed by atoms with Crippen molar-refractivity contribution >= 4 is 22.4 Å². The summed E-state index contributed by atoms with van der Waals surface area (Å²) in [7, 11) is 0. The highest BCUT2D eigenvalue weighted by atomic mass is 16.5. The first-order valence-electron chi connectivity index (χ1n) is 9.48. The van der Waals surface area contributed by atoms with Gasteiger partial charge in [-0.1, -0.05) is 6.07 Å². The number of H-pyrrole nitrogens is 1. The van der Waals surface area contributed by atoms with Crippen molar-refractivity contribution in [1.29, 1.82) is 0 Å². The van der Waals surface area contributed by atoms with Gasteiger partial charge in [0.2, 0.25) is 0 Å². The molecule has 3 aromatic rings. The highest BCUT2D eigenvalue weighted by Crippen LogP contribution is 2.30. The Hall–Kier alpha value is -2.64. The van der Waals surface area contributed by atoms with Gasteiger partial charge in [0, 0.05) is 48.9 Å². The minimum absolute atomic E-state index is 0.750. The Morgan fingerprint density at radius 3 is 2.37 bits per heavy atom. The Kier molecular flexibility index (Phi) is 4.39. The van der Waals surface area contributed by atoms with Crippen LogP contribution >= 0.6 is 0 Å². The third kappa shape index (κ3) is 3.36. The Labute approximate surface area is 157 Å². The van der Waals surface area contributed by atoms with E-state index in [2.05, 4.69) is 50.3 Å². The number of hydrogen-bond donors (Lipinski definition) is 1. The smallest absolute Gasteiger partial charge is 0.131 e. The SMILES string of the molecule is c1cc2[nH]ncc2cc1-c1cc(N2CCOCC2)cc(N2CCOCC2)n1. The molecule has 2 aromatic heterocycles. The Morgan fingerprint density at radius 1 is 0.852 bits per heavy atom. The summed E-state index contributed by atoms with van der Waals surface area (Å²) < 4.78 is 11.0. The third-order valence-corrected chi connectivity index (χ3v) is 5.24. The molecule has 27 heavy (non-hydrogen) atoms. The molecule has 0 amide bonds. The molecule has 0 atom stereocenters. The average molecular weight is 365 g/mol. The van der Waals surface area contributed by atoms with E-state index in [1.165, 1.54) is 5.69 Å². The second-order valence-electron chi connectivity index (χ2n) is 6.94. The molecule has 1 aromatic carbocycles. The molecule has 2 saturated heterocycles. The lowest BCUT2D eigenvalue weighted by Gasteiger charge is -2.32. The van der Waals surface area contributed by atoms with Gasteiger partial charge in [-0.3, -0.25) is 5.10 Å². The third-order valence-electron chi connectivity index (χ3n) is 5.24. The van der Waals surface area contributed by atoms with Crippen LogP contribution in [-0.4, -0.2) is 67.8 Å². The summed E-state index contributed by atoms with van der Waals surface area (Å²) >= 11 is 0. The second kappa shape index (κ2) is 7.17. The number of benzene rings is 1. The van der Waals surface area contributed by atoms with Crippen LogP contribution in [0.3, 0.4) is 0 Å². The van der Waals surface area contributed by atoms with Crippen LogP contribution in [0.4, 0.5) is 11.5 Å². The van der Waals surface area contributed by atoms with Crippen molar-refractivity contribution in [2.45, 2.75) is 0 Å². The molecule has 4 heterocycles. The number of aromatic nitrogens is 3. The van der Waals surface area contributed by atoms with Crippen LogP contribution in [0.25, 0.3) is 22.2 Å². The maximum atomic E-state index is 5.53. The van der Waals surface area contributed by atoms with E-state index in [0.29, 0.717) is 0 Å². The number of nitrogens with one attached hydrogen (secondary N) is 1. The van der Waals surface area contributed by atoms with Crippen molar-refractivity contribution in [2.75, 3.05) is 62.4 Å². The number of nitrogens with zero attached hydrogens (tertiary/aromatic N) is 4. The lowest BCUT2D eigenvalue weighted by atomic mass is 10.1. The van der Waals surface area contributed by atoms with Crippen LogP contribution in [0.1, 0.15) is 0 Å². The fourth-order valence-corrected chi connectivity index (χ4v) is 3.71. The van der Waals surface area contributed by atoms with Gasteiger partial charge in [-0.25, -0.2) is 4.98 Å². The van der Waals surface area contributed by atoms with Gasteiger partial charge in [0.1, 0.15) is 5.82 Å². The zero-order valence-corrected chi connectivity index (χ0v) is 15.2. The van der Waals surface area contributed by atoms with Crippen LogP contribution in [0.2, 0.25) is 0 Å². The molecule has 0 radical (unpaired) electrons. The summed E-state index contributed by atoms with van der Waals surface area (Å²) in [5, 5.41) is 8.23. The Balaban J connectivity index is 1.57. The number of fused-ring (bicyclic) bond motifs is 1. The lowest BCUT2D eigenvalue weighted by molar-refractivity contribution is 0.122. The minimum atomic E-state index is 0.750. The molecular weight excluding hydrogens is 342 g/mol. The predicted octanol–water partition coefficient (Wildman–Crippen LogP) is 2.30. The molecule has 140 valence electrons.